The van der Waals surface area contributed by atoms with Gasteiger partial charge in [-0.15, -0.1) is 0 Å². The van der Waals surface area contributed by atoms with Crippen molar-refractivity contribution in [2.24, 2.45) is 0 Å². The number of carbonyl (C=O) groups excluding carboxylic acids is 2. The largest absolute Gasteiger partial charge is 0.469 e. The third-order valence-corrected chi connectivity index (χ3v) is 4.43. The lowest BCUT2D eigenvalue weighted by molar-refractivity contribution is -0.140. The minimum atomic E-state index is -0.226. The number of rotatable bonds is 7. The Morgan fingerprint density at radius 2 is 2.19 bits per heavy atom. The van der Waals surface area contributed by atoms with Crippen LogP contribution in [0.5, 0.6) is 0 Å². The average molecular weight is 297 g/mol. The molecular formula is C15H27N3O3. The van der Waals surface area contributed by atoms with E-state index in [0.29, 0.717) is 38.0 Å². The van der Waals surface area contributed by atoms with Crippen molar-refractivity contribution in [3.8, 4) is 0 Å². The Hall–Kier alpha value is -1.14. The molecule has 1 amide bonds. The lowest BCUT2D eigenvalue weighted by atomic mass is 10.0. The summed E-state index contributed by atoms with van der Waals surface area (Å²) >= 11 is 0. The molecule has 2 aliphatic heterocycles. The zero-order chi connectivity index (χ0) is 15.1. The fourth-order valence-corrected chi connectivity index (χ4v) is 3.35. The molecule has 2 atom stereocenters. The molecule has 2 aliphatic rings. The summed E-state index contributed by atoms with van der Waals surface area (Å²) in [6.07, 6.45) is 5.82. The number of esters is 1. The zero-order valence-corrected chi connectivity index (χ0v) is 12.9. The van der Waals surface area contributed by atoms with Crippen LogP contribution in [0.25, 0.3) is 0 Å². The van der Waals surface area contributed by atoms with Gasteiger partial charge in [-0.25, -0.2) is 0 Å². The highest BCUT2D eigenvalue weighted by Gasteiger charge is 2.33. The Bertz CT molecular complexity index is 356. The molecule has 0 aromatic rings. The Labute approximate surface area is 126 Å². The van der Waals surface area contributed by atoms with Crippen LogP contribution < -0.4 is 10.6 Å². The van der Waals surface area contributed by atoms with Crippen LogP contribution in [0.1, 0.15) is 38.5 Å². The van der Waals surface area contributed by atoms with E-state index >= 15 is 0 Å². The smallest absolute Gasteiger partial charge is 0.305 e. The van der Waals surface area contributed by atoms with Crippen LogP contribution in [-0.4, -0.2) is 62.1 Å². The molecule has 2 saturated heterocycles. The summed E-state index contributed by atoms with van der Waals surface area (Å²) in [5.41, 5.74) is 0. The number of likely N-dealkylation sites (tertiary alicyclic amines) is 1. The third kappa shape index (κ3) is 4.97. The van der Waals surface area contributed by atoms with Gasteiger partial charge in [-0.3, -0.25) is 14.5 Å². The van der Waals surface area contributed by atoms with E-state index in [1.165, 1.54) is 32.8 Å². The minimum absolute atomic E-state index is 0.0600. The summed E-state index contributed by atoms with van der Waals surface area (Å²) in [5, 5.41) is 6.44. The summed E-state index contributed by atoms with van der Waals surface area (Å²) in [6, 6.07) is 1.06. The molecule has 2 heterocycles. The second kappa shape index (κ2) is 8.34. The van der Waals surface area contributed by atoms with E-state index in [4.69, 9.17) is 0 Å². The van der Waals surface area contributed by atoms with Crippen molar-refractivity contribution in [3.05, 3.63) is 0 Å². The molecule has 0 aliphatic carbocycles. The molecule has 0 bridgehead atoms. The molecule has 0 radical (unpaired) electrons. The van der Waals surface area contributed by atoms with E-state index in [9.17, 15) is 9.59 Å². The van der Waals surface area contributed by atoms with Crippen molar-refractivity contribution in [2.75, 3.05) is 33.3 Å². The number of carbonyl (C=O) groups is 2. The van der Waals surface area contributed by atoms with E-state index in [-0.39, 0.29) is 11.9 Å². The Balaban J connectivity index is 1.65. The summed E-state index contributed by atoms with van der Waals surface area (Å²) in [4.78, 5) is 25.3. The second-order valence-corrected chi connectivity index (χ2v) is 5.91. The Kier molecular flexibility index (Phi) is 6.45. The Morgan fingerprint density at radius 1 is 1.33 bits per heavy atom. The molecule has 2 N–H and O–H groups in total. The first-order valence-corrected chi connectivity index (χ1v) is 8.01. The van der Waals surface area contributed by atoms with Gasteiger partial charge in [0.15, 0.2) is 0 Å². The van der Waals surface area contributed by atoms with Gasteiger partial charge in [0.2, 0.25) is 5.91 Å². The maximum atomic E-state index is 12.0. The van der Waals surface area contributed by atoms with Crippen molar-refractivity contribution >= 4 is 11.9 Å². The molecule has 0 spiro atoms. The molecule has 2 unspecified atom stereocenters. The van der Waals surface area contributed by atoms with Gasteiger partial charge in [-0.05, 0) is 45.2 Å². The highest BCUT2D eigenvalue weighted by Crippen LogP contribution is 2.24. The molecule has 0 saturated carbocycles. The van der Waals surface area contributed by atoms with Crippen LogP contribution in [0.2, 0.25) is 0 Å². The second-order valence-electron chi connectivity index (χ2n) is 5.91. The fourth-order valence-electron chi connectivity index (χ4n) is 3.35. The van der Waals surface area contributed by atoms with Gasteiger partial charge < -0.3 is 15.4 Å². The topological polar surface area (TPSA) is 70.7 Å². The van der Waals surface area contributed by atoms with Crippen LogP contribution in [-0.2, 0) is 14.3 Å². The number of amides is 1. The van der Waals surface area contributed by atoms with E-state index in [1.807, 2.05) is 0 Å². The quantitative estimate of drug-likeness (QED) is 0.521. The molecule has 0 aromatic heterocycles. The summed E-state index contributed by atoms with van der Waals surface area (Å²) < 4.78 is 4.57. The van der Waals surface area contributed by atoms with Crippen LogP contribution in [0, 0.1) is 0 Å². The number of nitrogens with zero attached hydrogens (tertiary/aromatic N) is 1. The van der Waals surface area contributed by atoms with Crippen molar-refractivity contribution in [3.63, 3.8) is 0 Å². The predicted octanol–water partition coefficient (Wildman–Crippen LogP) is 0.272. The summed E-state index contributed by atoms with van der Waals surface area (Å²) in [5.74, 6) is -0.166. The molecule has 6 nitrogen and oxygen atoms in total. The van der Waals surface area contributed by atoms with Crippen molar-refractivity contribution < 1.29 is 14.3 Å². The minimum Gasteiger partial charge on any atom is -0.469 e. The van der Waals surface area contributed by atoms with Crippen LogP contribution in [0.15, 0.2) is 0 Å². The zero-order valence-electron chi connectivity index (χ0n) is 12.9. The Morgan fingerprint density at radius 3 is 2.90 bits per heavy atom. The SMILES string of the molecule is COC(=O)CCCNC(=O)CN1CCCC1C1CCCN1. The lowest BCUT2D eigenvalue weighted by Crippen LogP contribution is -2.47. The molecule has 2 rings (SSSR count). The average Bonchev–Trinajstić information content (AvgIpc) is 3.13. The molecule has 120 valence electrons. The van der Waals surface area contributed by atoms with Crippen LogP contribution >= 0.6 is 0 Å². The molecule has 0 aromatic carbocycles. The molecular weight excluding hydrogens is 270 g/mol. The monoisotopic (exact) mass is 297 g/mol. The summed E-state index contributed by atoms with van der Waals surface area (Å²) in [7, 11) is 1.38. The van der Waals surface area contributed by atoms with E-state index < -0.39 is 0 Å². The van der Waals surface area contributed by atoms with Crippen molar-refractivity contribution in [1.29, 1.82) is 0 Å². The lowest BCUT2D eigenvalue weighted by Gasteiger charge is -2.28. The number of nitrogens with one attached hydrogen (secondary N) is 2. The van der Waals surface area contributed by atoms with Crippen LogP contribution in [0.3, 0.4) is 0 Å². The fraction of sp³-hybridized carbons (Fsp3) is 0.867. The molecule has 2 fully saturated rings. The van der Waals surface area contributed by atoms with Crippen molar-refractivity contribution in [1.82, 2.24) is 15.5 Å². The van der Waals surface area contributed by atoms with Crippen molar-refractivity contribution in [2.45, 2.75) is 50.6 Å². The van der Waals surface area contributed by atoms with E-state index in [2.05, 4.69) is 20.3 Å². The number of methoxy groups -OCH3 is 1. The first-order chi connectivity index (χ1) is 10.2. The summed E-state index contributed by atoms with van der Waals surface area (Å²) in [6.45, 7) is 3.13. The van der Waals surface area contributed by atoms with E-state index in [1.54, 1.807) is 0 Å². The van der Waals surface area contributed by atoms with Gasteiger partial charge in [-0.1, -0.05) is 0 Å². The van der Waals surface area contributed by atoms with E-state index in [0.717, 1.165) is 13.1 Å². The maximum Gasteiger partial charge on any atom is 0.305 e. The first-order valence-electron chi connectivity index (χ1n) is 8.01. The highest BCUT2D eigenvalue weighted by molar-refractivity contribution is 5.78. The van der Waals surface area contributed by atoms with Crippen LogP contribution in [0.4, 0.5) is 0 Å². The third-order valence-electron chi connectivity index (χ3n) is 4.43. The first kappa shape index (κ1) is 16.2. The predicted molar refractivity (Wildman–Crippen MR) is 79.9 cm³/mol. The van der Waals surface area contributed by atoms with Gasteiger partial charge in [0.25, 0.3) is 0 Å². The number of hydrogen-bond donors (Lipinski definition) is 2. The normalized spacial score (nSPS) is 26.0. The van der Waals surface area contributed by atoms with Gasteiger partial charge in [-0.2, -0.15) is 0 Å². The van der Waals surface area contributed by atoms with Gasteiger partial charge in [0.05, 0.1) is 13.7 Å². The molecule has 6 heteroatoms. The standard InChI is InChI=1S/C15H27N3O3/c1-21-15(20)7-3-9-17-14(19)11-18-10-4-6-13(18)12-5-2-8-16-12/h12-13,16H,2-11H2,1H3,(H,17,19). The maximum absolute atomic E-state index is 12.0. The number of ether oxygens (including phenoxy) is 1. The number of hydrogen-bond acceptors (Lipinski definition) is 5. The van der Waals surface area contributed by atoms with Gasteiger partial charge in [0, 0.05) is 25.0 Å². The molecule has 21 heavy (non-hydrogen) atoms. The highest BCUT2D eigenvalue weighted by atomic mass is 16.5. The van der Waals surface area contributed by atoms with Gasteiger partial charge in [0.1, 0.15) is 0 Å². The van der Waals surface area contributed by atoms with Gasteiger partial charge >= 0.3 is 5.97 Å².